The van der Waals surface area contributed by atoms with Gasteiger partial charge in [0.25, 0.3) is 0 Å². The van der Waals surface area contributed by atoms with Crippen LogP contribution in [0.2, 0.25) is 0 Å². The van der Waals surface area contributed by atoms with Gasteiger partial charge in [0.05, 0.1) is 0 Å². The molecule has 0 spiro atoms. The zero-order valence-corrected chi connectivity index (χ0v) is 9.62. The van der Waals surface area contributed by atoms with E-state index in [0.29, 0.717) is 5.82 Å². The maximum atomic E-state index is 5.94. The summed E-state index contributed by atoms with van der Waals surface area (Å²) >= 11 is 0. The van der Waals surface area contributed by atoms with E-state index in [0.717, 1.165) is 35.5 Å². The fourth-order valence-corrected chi connectivity index (χ4v) is 1.75. The van der Waals surface area contributed by atoms with Gasteiger partial charge >= 0.3 is 0 Å². The lowest BCUT2D eigenvalue weighted by Gasteiger charge is -2.04. The van der Waals surface area contributed by atoms with Crippen LogP contribution < -0.4 is 5.73 Å². The number of anilines is 1. The van der Waals surface area contributed by atoms with E-state index in [1.165, 1.54) is 0 Å². The average molecular weight is 216 g/mol. The van der Waals surface area contributed by atoms with E-state index < -0.39 is 0 Å². The van der Waals surface area contributed by atoms with Gasteiger partial charge in [-0.05, 0) is 25.0 Å². The number of benzene rings is 1. The Hall–Kier alpha value is -1.84. The van der Waals surface area contributed by atoms with Crippen molar-refractivity contribution in [1.82, 2.24) is 15.2 Å². The van der Waals surface area contributed by atoms with E-state index in [1.54, 1.807) is 0 Å². The molecule has 84 valence electrons. The van der Waals surface area contributed by atoms with Gasteiger partial charge in [0, 0.05) is 17.7 Å². The van der Waals surface area contributed by atoms with Gasteiger partial charge < -0.3 is 5.73 Å². The van der Waals surface area contributed by atoms with E-state index in [9.17, 15) is 0 Å². The van der Waals surface area contributed by atoms with Crippen LogP contribution in [0.3, 0.4) is 0 Å². The Kier molecular flexibility index (Phi) is 2.90. The van der Waals surface area contributed by atoms with Crippen LogP contribution >= 0.6 is 0 Å². The first kappa shape index (κ1) is 10.7. The number of hydrogen-bond acceptors (Lipinski definition) is 3. The summed E-state index contributed by atoms with van der Waals surface area (Å²) in [6.07, 6.45) is 1.97. The molecular weight excluding hydrogens is 200 g/mol. The highest BCUT2D eigenvalue weighted by molar-refractivity contribution is 5.74. The monoisotopic (exact) mass is 216 g/mol. The number of nitrogen functional groups attached to an aromatic ring is 1. The minimum absolute atomic E-state index is 0.694. The molecule has 0 fully saturated rings. The van der Waals surface area contributed by atoms with Crippen LogP contribution in [-0.2, 0) is 6.42 Å². The van der Waals surface area contributed by atoms with Crippen LogP contribution in [0.25, 0.3) is 11.4 Å². The normalized spacial score (nSPS) is 10.6. The molecule has 0 amide bonds. The predicted octanol–water partition coefficient (Wildman–Crippen LogP) is 2.31. The zero-order chi connectivity index (χ0) is 11.5. The molecule has 4 heteroatoms. The van der Waals surface area contributed by atoms with Gasteiger partial charge in [-0.1, -0.05) is 19.1 Å². The van der Waals surface area contributed by atoms with Gasteiger partial charge in [-0.15, -0.1) is 0 Å². The number of aromatic nitrogens is 3. The summed E-state index contributed by atoms with van der Waals surface area (Å²) in [5.41, 5.74) is 8.70. The van der Waals surface area contributed by atoms with Crippen LogP contribution in [0.15, 0.2) is 18.2 Å². The first-order chi connectivity index (χ1) is 7.72. The molecule has 3 N–H and O–H groups in total. The third-order valence-electron chi connectivity index (χ3n) is 2.55. The molecule has 0 unspecified atom stereocenters. The van der Waals surface area contributed by atoms with Crippen LogP contribution in [0.4, 0.5) is 5.69 Å². The molecule has 0 aliphatic heterocycles. The van der Waals surface area contributed by atoms with E-state index >= 15 is 0 Å². The van der Waals surface area contributed by atoms with Crippen molar-refractivity contribution in [3.05, 3.63) is 29.6 Å². The summed E-state index contributed by atoms with van der Waals surface area (Å²) in [6.45, 7) is 4.13. The van der Waals surface area contributed by atoms with Crippen molar-refractivity contribution in [2.24, 2.45) is 0 Å². The van der Waals surface area contributed by atoms with Crippen molar-refractivity contribution < 1.29 is 0 Å². The second kappa shape index (κ2) is 4.35. The highest BCUT2D eigenvalue weighted by Gasteiger charge is 2.10. The van der Waals surface area contributed by atoms with Crippen LogP contribution in [0, 0.1) is 6.92 Å². The first-order valence-electron chi connectivity index (χ1n) is 5.49. The Morgan fingerprint density at radius 2 is 2.19 bits per heavy atom. The SMILES string of the molecule is CCCc1nc(-c2c(C)cccc2N)n[nH]1. The Morgan fingerprint density at radius 1 is 1.38 bits per heavy atom. The first-order valence-corrected chi connectivity index (χ1v) is 5.49. The highest BCUT2D eigenvalue weighted by Crippen LogP contribution is 2.26. The quantitative estimate of drug-likeness (QED) is 0.774. The Labute approximate surface area is 94.9 Å². The molecule has 2 rings (SSSR count). The number of nitrogens with one attached hydrogen (secondary N) is 1. The minimum Gasteiger partial charge on any atom is -0.398 e. The number of nitrogens with two attached hydrogens (primary N) is 1. The molecule has 0 saturated carbocycles. The molecule has 0 aliphatic carbocycles. The molecule has 0 saturated heterocycles. The number of nitrogens with zero attached hydrogens (tertiary/aromatic N) is 2. The van der Waals surface area contributed by atoms with Crippen molar-refractivity contribution >= 4 is 5.69 Å². The lowest BCUT2D eigenvalue weighted by atomic mass is 10.1. The van der Waals surface area contributed by atoms with Gasteiger partial charge in [-0.3, -0.25) is 5.10 Å². The van der Waals surface area contributed by atoms with Crippen molar-refractivity contribution in [3.8, 4) is 11.4 Å². The minimum atomic E-state index is 0.694. The second-order valence-electron chi connectivity index (χ2n) is 3.89. The van der Waals surface area contributed by atoms with Crippen LogP contribution in [0.1, 0.15) is 24.7 Å². The molecule has 4 nitrogen and oxygen atoms in total. The van der Waals surface area contributed by atoms with E-state index in [1.807, 2.05) is 25.1 Å². The molecule has 0 radical (unpaired) electrons. The maximum Gasteiger partial charge on any atom is 0.183 e. The summed E-state index contributed by atoms with van der Waals surface area (Å²) in [7, 11) is 0. The van der Waals surface area contributed by atoms with Gasteiger partial charge in [-0.25, -0.2) is 4.98 Å². The summed E-state index contributed by atoms with van der Waals surface area (Å²) in [5, 5.41) is 7.15. The fraction of sp³-hybridized carbons (Fsp3) is 0.333. The molecule has 2 aromatic rings. The van der Waals surface area contributed by atoms with E-state index in [2.05, 4.69) is 22.1 Å². The summed E-state index contributed by atoms with van der Waals surface area (Å²) in [4.78, 5) is 4.45. The van der Waals surface area contributed by atoms with Crippen molar-refractivity contribution in [2.75, 3.05) is 5.73 Å². The van der Waals surface area contributed by atoms with Gasteiger partial charge in [0.2, 0.25) is 0 Å². The highest BCUT2D eigenvalue weighted by atomic mass is 15.2. The molecule has 0 atom stereocenters. The predicted molar refractivity (Wildman–Crippen MR) is 65.0 cm³/mol. The molecule has 16 heavy (non-hydrogen) atoms. The second-order valence-corrected chi connectivity index (χ2v) is 3.89. The Bertz CT molecular complexity index is 467. The Morgan fingerprint density at radius 3 is 2.88 bits per heavy atom. The topological polar surface area (TPSA) is 67.6 Å². The van der Waals surface area contributed by atoms with Crippen LogP contribution in [-0.4, -0.2) is 15.2 Å². The maximum absolute atomic E-state index is 5.94. The third kappa shape index (κ3) is 1.91. The summed E-state index contributed by atoms with van der Waals surface area (Å²) < 4.78 is 0. The molecule has 1 heterocycles. The number of rotatable bonds is 3. The van der Waals surface area contributed by atoms with Crippen molar-refractivity contribution in [2.45, 2.75) is 26.7 Å². The number of hydrogen-bond donors (Lipinski definition) is 2. The van der Waals surface area contributed by atoms with Crippen molar-refractivity contribution in [1.29, 1.82) is 0 Å². The van der Waals surface area contributed by atoms with E-state index in [-0.39, 0.29) is 0 Å². The number of H-pyrrole nitrogens is 1. The Balaban J connectivity index is 2.42. The van der Waals surface area contributed by atoms with Crippen molar-refractivity contribution in [3.63, 3.8) is 0 Å². The molecule has 1 aromatic carbocycles. The summed E-state index contributed by atoms with van der Waals surface area (Å²) in [6, 6.07) is 5.83. The average Bonchev–Trinajstić information content (AvgIpc) is 2.67. The lowest BCUT2D eigenvalue weighted by molar-refractivity contribution is 0.841. The molecular formula is C12H16N4. The fourth-order valence-electron chi connectivity index (χ4n) is 1.75. The molecule has 0 aliphatic rings. The lowest BCUT2D eigenvalue weighted by Crippen LogP contribution is -1.94. The summed E-state index contributed by atoms with van der Waals surface area (Å²) in [5.74, 6) is 1.61. The zero-order valence-electron chi connectivity index (χ0n) is 9.62. The molecule has 1 aromatic heterocycles. The smallest absolute Gasteiger partial charge is 0.183 e. The largest absolute Gasteiger partial charge is 0.398 e. The number of aryl methyl sites for hydroxylation is 2. The number of aromatic amines is 1. The molecule has 0 bridgehead atoms. The van der Waals surface area contributed by atoms with Gasteiger partial charge in [0.1, 0.15) is 5.82 Å². The standard InChI is InChI=1S/C12H16N4/c1-3-5-10-14-12(16-15-10)11-8(2)6-4-7-9(11)13/h4,6-7H,3,5,13H2,1-2H3,(H,14,15,16). The van der Waals surface area contributed by atoms with Crippen LogP contribution in [0.5, 0.6) is 0 Å². The third-order valence-corrected chi connectivity index (χ3v) is 2.55. The van der Waals surface area contributed by atoms with Gasteiger partial charge in [0.15, 0.2) is 5.82 Å². The van der Waals surface area contributed by atoms with E-state index in [4.69, 9.17) is 5.73 Å². The van der Waals surface area contributed by atoms with Gasteiger partial charge in [-0.2, -0.15) is 5.10 Å².